The summed E-state index contributed by atoms with van der Waals surface area (Å²) in [5.41, 5.74) is 4.32. The fourth-order valence-electron chi connectivity index (χ4n) is 2.30. The summed E-state index contributed by atoms with van der Waals surface area (Å²) < 4.78 is 5.20. The number of nitriles is 1. The van der Waals surface area contributed by atoms with Gasteiger partial charge in [-0.2, -0.15) is 5.26 Å². The number of rotatable bonds is 3. The summed E-state index contributed by atoms with van der Waals surface area (Å²) in [5.74, 6) is 1.33. The number of H-pyrrole nitrogens is 1. The van der Waals surface area contributed by atoms with Crippen molar-refractivity contribution < 1.29 is 4.74 Å². The van der Waals surface area contributed by atoms with Gasteiger partial charge in [-0.15, -0.1) is 0 Å². The molecule has 22 heavy (non-hydrogen) atoms. The molecule has 0 fully saturated rings. The summed E-state index contributed by atoms with van der Waals surface area (Å²) >= 11 is 0. The molecular formula is C18H15N3O. The molecular weight excluding hydrogens is 274 g/mol. The first kappa shape index (κ1) is 13.9. The van der Waals surface area contributed by atoms with Gasteiger partial charge in [-0.05, 0) is 48.4 Å². The Labute approximate surface area is 128 Å². The van der Waals surface area contributed by atoms with Gasteiger partial charge in [0.2, 0.25) is 0 Å². The molecule has 0 saturated carbocycles. The van der Waals surface area contributed by atoms with E-state index in [1.807, 2.05) is 49.4 Å². The van der Waals surface area contributed by atoms with E-state index in [9.17, 15) is 5.26 Å². The maximum absolute atomic E-state index is 9.44. The molecule has 3 aromatic rings. The molecule has 0 bridgehead atoms. The average Bonchev–Trinajstić information content (AvgIpc) is 2.95. The number of aryl methyl sites for hydroxylation is 1. The van der Waals surface area contributed by atoms with Gasteiger partial charge in [0.25, 0.3) is 0 Å². The molecule has 4 heteroatoms. The first-order valence-electron chi connectivity index (χ1n) is 6.92. The number of nitrogens with one attached hydrogen (secondary N) is 1. The van der Waals surface area contributed by atoms with Gasteiger partial charge in [0.15, 0.2) is 0 Å². The fraction of sp³-hybridized carbons (Fsp3) is 0.111. The zero-order valence-electron chi connectivity index (χ0n) is 12.4. The van der Waals surface area contributed by atoms with Crippen molar-refractivity contribution in [2.75, 3.05) is 7.11 Å². The first-order chi connectivity index (χ1) is 10.7. The highest BCUT2D eigenvalue weighted by Crippen LogP contribution is 2.21. The van der Waals surface area contributed by atoms with Crippen molar-refractivity contribution in [3.8, 4) is 11.8 Å². The Balaban J connectivity index is 2.05. The zero-order chi connectivity index (χ0) is 15.5. The molecule has 1 N–H and O–H groups in total. The number of methoxy groups -OCH3 is 1. The minimum atomic E-state index is 0.488. The monoisotopic (exact) mass is 289 g/mol. The van der Waals surface area contributed by atoms with Crippen molar-refractivity contribution >= 4 is 22.7 Å². The molecule has 108 valence electrons. The molecule has 0 atom stereocenters. The summed E-state index contributed by atoms with van der Waals surface area (Å²) in [6, 6.07) is 15.7. The van der Waals surface area contributed by atoms with Gasteiger partial charge in [-0.25, -0.2) is 4.98 Å². The molecule has 0 radical (unpaired) electrons. The molecule has 4 nitrogen and oxygen atoms in total. The predicted octanol–water partition coefficient (Wildman–Crippen LogP) is 3.94. The van der Waals surface area contributed by atoms with Gasteiger partial charge in [-0.3, -0.25) is 0 Å². The molecule has 0 aliphatic rings. The molecule has 0 spiro atoms. The largest absolute Gasteiger partial charge is 0.497 e. The number of hydrogen-bond acceptors (Lipinski definition) is 3. The fourth-order valence-corrected chi connectivity index (χ4v) is 2.30. The van der Waals surface area contributed by atoms with Crippen LogP contribution in [0.3, 0.4) is 0 Å². The standard InChI is InChI=1S/C18H15N3O/c1-12-6-7-16-17(8-12)21-18(20-16)14(11-19)9-13-4-3-5-15(10-13)22-2/h3-10H,1-2H3,(H,20,21). The lowest BCUT2D eigenvalue weighted by Gasteiger charge is -2.00. The lowest BCUT2D eigenvalue weighted by Crippen LogP contribution is -1.86. The Morgan fingerprint density at radius 1 is 1.27 bits per heavy atom. The van der Waals surface area contributed by atoms with Crippen LogP contribution in [-0.4, -0.2) is 17.1 Å². The molecule has 0 aliphatic heterocycles. The van der Waals surface area contributed by atoms with Gasteiger partial charge >= 0.3 is 0 Å². The second-order valence-electron chi connectivity index (χ2n) is 5.05. The summed E-state index contributed by atoms with van der Waals surface area (Å²) in [4.78, 5) is 7.69. The third-order valence-electron chi connectivity index (χ3n) is 3.42. The van der Waals surface area contributed by atoms with Gasteiger partial charge < -0.3 is 9.72 Å². The lowest BCUT2D eigenvalue weighted by molar-refractivity contribution is 0.414. The normalized spacial score (nSPS) is 11.4. The van der Waals surface area contributed by atoms with Crippen molar-refractivity contribution in [1.82, 2.24) is 9.97 Å². The van der Waals surface area contributed by atoms with Crippen LogP contribution in [-0.2, 0) is 0 Å². The van der Waals surface area contributed by atoms with Crippen LogP contribution in [0.1, 0.15) is 17.0 Å². The summed E-state index contributed by atoms with van der Waals surface area (Å²) in [6.45, 7) is 2.03. The molecule has 0 amide bonds. The summed E-state index contributed by atoms with van der Waals surface area (Å²) in [5, 5.41) is 9.44. The molecule has 2 aromatic carbocycles. The van der Waals surface area contributed by atoms with Gasteiger partial charge in [0.05, 0.1) is 23.7 Å². The van der Waals surface area contributed by atoms with Crippen LogP contribution >= 0.6 is 0 Å². The van der Waals surface area contributed by atoms with Gasteiger partial charge in [-0.1, -0.05) is 18.2 Å². The van der Waals surface area contributed by atoms with E-state index in [0.29, 0.717) is 11.4 Å². The van der Waals surface area contributed by atoms with Crippen molar-refractivity contribution in [2.24, 2.45) is 0 Å². The maximum atomic E-state index is 9.44. The third-order valence-corrected chi connectivity index (χ3v) is 3.42. The Morgan fingerprint density at radius 3 is 2.91 bits per heavy atom. The number of aromatic amines is 1. The maximum Gasteiger partial charge on any atom is 0.149 e. The Hall–Kier alpha value is -3.06. The van der Waals surface area contributed by atoms with E-state index in [1.54, 1.807) is 13.2 Å². The molecule has 0 unspecified atom stereocenters. The van der Waals surface area contributed by atoms with Crippen molar-refractivity contribution in [1.29, 1.82) is 5.26 Å². The second kappa shape index (κ2) is 5.74. The Kier molecular flexibility index (Phi) is 3.63. The lowest BCUT2D eigenvalue weighted by atomic mass is 10.1. The summed E-state index contributed by atoms with van der Waals surface area (Å²) in [6.07, 6.45) is 1.80. The van der Waals surface area contributed by atoms with Gasteiger partial charge in [0.1, 0.15) is 17.6 Å². The minimum absolute atomic E-state index is 0.488. The van der Waals surface area contributed by atoms with Crippen molar-refractivity contribution in [2.45, 2.75) is 6.92 Å². The molecule has 0 aliphatic carbocycles. The minimum Gasteiger partial charge on any atom is -0.497 e. The smallest absolute Gasteiger partial charge is 0.149 e. The van der Waals surface area contributed by atoms with Crippen LogP contribution in [0.2, 0.25) is 0 Å². The number of nitrogens with zero attached hydrogens (tertiary/aromatic N) is 2. The van der Waals surface area contributed by atoms with Crippen molar-refractivity contribution in [3.63, 3.8) is 0 Å². The highest BCUT2D eigenvalue weighted by molar-refractivity contribution is 5.90. The zero-order valence-corrected chi connectivity index (χ0v) is 12.4. The predicted molar refractivity (Wildman–Crippen MR) is 87.3 cm³/mol. The quantitative estimate of drug-likeness (QED) is 0.743. The number of aromatic nitrogens is 2. The number of benzene rings is 2. The van der Waals surface area contributed by atoms with Crippen LogP contribution in [0.4, 0.5) is 0 Å². The second-order valence-corrected chi connectivity index (χ2v) is 5.05. The molecule has 1 heterocycles. The number of hydrogen-bond donors (Lipinski definition) is 1. The Morgan fingerprint density at radius 2 is 2.14 bits per heavy atom. The third kappa shape index (κ3) is 2.70. The van der Waals surface area contributed by atoms with E-state index in [4.69, 9.17) is 4.74 Å². The van der Waals surface area contributed by atoms with E-state index in [0.717, 1.165) is 27.9 Å². The van der Waals surface area contributed by atoms with Crippen LogP contribution in [0, 0.1) is 18.3 Å². The van der Waals surface area contributed by atoms with Crippen molar-refractivity contribution in [3.05, 3.63) is 59.4 Å². The van der Waals surface area contributed by atoms with E-state index in [2.05, 4.69) is 16.0 Å². The Bertz CT molecular complexity index is 900. The number of allylic oxidation sites excluding steroid dienone is 1. The topological polar surface area (TPSA) is 61.7 Å². The summed E-state index contributed by atoms with van der Waals surface area (Å²) in [7, 11) is 1.62. The van der Waals surface area contributed by atoms with E-state index < -0.39 is 0 Å². The number of fused-ring (bicyclic) bond motifs is 1. The SMILES string of the molecule is COc1cccc(C=C(C#N)c2nc3ccc(C)cc3[nH]2)c1. The van der Waals surface area contributed by atoms with Crippen LogP contribution in [0.15, 0.2) is 42.5 Å². The van der Waals surface area contributed by atoms with Crippen LogP contribution in [0.5, 0.6) is 5.75 Å². The molecule has 0 saturated heterocycles. The average molecular weight is 289 g/mol. The van der Waals surface area contributed by atoms with E-state index in [-0.39, 0.29) is 0 Å². The first-order valence-corrected chi connectivity index (χ1v) is 6.92. The van der Waals surface area contributed by atoms with Crippen LogP contribution in [0.25, 0.3) is 22.7 Å². The highest BCUT2D eigenvalue weighted by atomic mass is 16.5. The molecule has 3 rings (SSSR count). The van der Waals surface area contributed by atoms with E-state index in [1.165, 1.54) is 0 Å². The number of imidazole rings is 1. The highest BCUT2D eigenvalue weighted by Gasteiger charge is 2.08. The van der Waals surface area contributed by atoms with E-state index >= 15 is 0 Å². The molecule has 1 aromatic heterocycles. The van der Waals surface area contributed by atoms with Gasteiger partial charge in [0, 0.05) is 0 Å². The van der Waals surface area contributed by atoms with Crippen LogP contribution < -0.4 is 4.74 Å². The number of ether oxygens (including phenoxy) is 1.